The van der Waals surface area contributed by atoms with Gasteiger partial charge in [-0.1, -0.05) is 39.7 Å². The summed E-state index contributed by atoms with van der Waals surface area (Å²) in [5, 5.41) is 11.4. The van der Waals surface area contributed by atoms with Gasteiger partial charge in [-0.25, -0.2) is 0 Å². The molecule has 3 rings (SSSR count). The molecular formula is C21H11BrClF3N2O2. The number of halogens is 5. The summed E-state index contributed by atoms with van der Waals surface area (Å²) in [5.41, 5.74) is -0.806. The van der Waals surface area contributed by atoms with Crippen molar-refractivity contribution in [2.24, 2.45) is 0 Å². The molecule has 1 heterocycles. The van der Waals surface area contributed by atoms with Crippen molar-refractivity contribution in [3.8, 4) is 17.4 Å². The van der Waals surface area contributed by atoms with E-state index in [9.17, 15) is 23.2 Å². The molecule has 0 aliphatic rings. The predicted molar refractivity (Wildman–Crippen MR) is 111 cm³/mol. The van der Waals surface area contributed by atoms with Crippen LogP contribution < -0.4 is 5.32 Å². The SMILES string of the molecule is N#C/C(=C/c1ccc(-c2ccc(Br)cc2)o1)C(=O)Nc1cc(C(F)(F)F)ccc1Cl. The van der Waals surface area contributed by atoms with Crippen molar-refractivity contribution in [2.75, 3.05) is 5.32 Å². The highest BCUT2D eigenvalue weighted by Crippen LogP contribution is 2.34. The molecule has 2 aromatic carbocycles. The summed E-state index contributed by atoms with van der Waals surface area (Å²) < 4.78 is 45.2. The molecule has 1 aromatic heterocycles. The highest BCUT2D eigenvalue weighted by Gasteiger charge is 2.31. The van der Waals surface area contributed by atoms with Gasteiger partial charge in [0.2, 0.25) is 0 Å². The van der Waals surface area contributed by atoms with Gasteiger partial charge in [-0.05, 0) is 42.5 Å². The Bertz CT molecular complexity index is 1160. The summed E-state index contributed by atoms with van der Waals surface area (Å²) in [6.45, 7) is 0. The zero-order valence-electron chi connectivity index (χ0n) is 14.9. The number of anilines is 1. The van der Waals surface area contributed by atoms with E-state index in [1.54, 1.807) is 18.2 Å². The Morgan fingerprint density at radius 1 is 1.13 bits per heavy atom. The standard InChI is InChI=1S/C21H11BrClF3N2O2/c22-15-4-1-12(2-5-15)19-8-6-16(30-19)9-13(11-27)20(29)28-18-10-14(21(24,25)26)3-7-17(18)23/h1-10H,(H,28,29)/b13-9-. The van der Waals surface area contributed by atoms with E-state index in [-0.39, 0.29) is 22.0 Å². The number of nitrogens with zero attached hydrogens (tertiary/aromatic N) is 1. The molecule has 0 radical (unpaired) electrons. The van der Waals surface area contributed by atoms with Crippen molar-refractivity contribution >= 4 is 45.2 Å². The van der Waals surface area contributed by atoms with Gasteiger partial charge in [-0.2, -0.15) is 18.4 Å². The maximum Gasteiger partial charge on any atom is 0.416 e. The molecule has 4 nitrogen and oxygen atoms in total. The topological polar surface area (TPSA) is 66.0 Å². The lowest BCUT2D eigenvalue weighted by molar-refractivity contribution is -0.137. The number of hydrogen-bond acceptors (Lipinski definition) is 3. The van der Waals surface area contributed by atoms with E-state index < -0.39 is 17.6 Å². The Morgan fingerprint density at radius 3 is 2.47 bits per heavy atom. The molecule has 9 heteroatoms. The smallest absolute Gasteiger partial charge is 0.416 e. The van der Waals surface area contributed by atoms with Crippen LogP contribution in [0.3, 0.4) is 0 Å². The van der Waals surface area contributed by atoms with Gasteiger partial charge >= 0.3 is 6.18 Å². The van der Waals surface area contributed by atoms with Gasteiger partial charge in [-0.15, -0.1) is 0 Å². The summed E-state index contributed by atoms with van der Waals surface area (Å²) in [7, 11) is 0. The number of nitrogens with one attached hydrogen (secondary N) is 1. The fourth-order valence-electron chi connectivity index (χ4n) is 2.48. The average Bonchev–Trinajstić information content (AvgIpc) is 3.16. The second-order valence-corrected chi connectivity index (χ2v) is 7.35. The number of nitriles is 1. The molecule has 1 amide bonds. The fraction of sp³-hybridized carbons (Fsp3) is 0.0476. The first-order valence-corrected chi connectivity index (χ1v) is 9.50. The number of rotatable bonds is 4. The first-order valence-electron chi connectivity index (χ1n) is 8.33. The van der Waals surface area contributed by atoms with Gasteiger partial charge < -0.3 is 9.73 Å². The lowest BCUT2D eigenvalue weighted by Crippen LogP contribution is -2.15. The molecule has 0 saturated carbocycles. The van der Waals surface area contributed by atoms with Crippen molar-refractivity contribution in [1.29, 1.82) is 5.26 Å². The first-order chi connectivity index (χ1) is 14.2. The lowest BCUT2D eigenvalue weighted by atomic mass is 10.1. The minimum Gasteiger partial charge on any atom is -0.457 e. The Hall–Kier alpha value is -3.02. The molecule has 0 unspecified atom stereocenters. The minimum atomic E-state index is -4.60. The van der Waals surface area contributed by atoms with E-state index >= 15 is 0 Å². The Morgan fingerprint density at radius 2 is 1.83 bits per heavy atom. The highest BCUT2D eigenvalue weighted by atomic mass is 79.9. The molecule has 30 heavy (non-hydrogen) atoms. The second-order valence-electron chi connectivity index (χ2n) is 6.03. The summed E-state index contributed by atoms with van der Waals surface area (Å²) in [6.07, 6.45) is -3.41. The molecule has 0 bridgehead atoms. The molecule has 0 aliphatic heterocycles. The Labute approximate surface area is 182 Å². The normalized spacial score (nSPS) is 11.8. The lowest BCUT2D eigenvalue weighted by Gasteiger charge is -2.11. The predicted octanol–water partition coefficient (Wildman–Crippen LogP) is 6.93. The third kappa shape index (κ3) is 5.12. The van der Waals surface area contributed by atoms with Crippen molar-refractivity contribution in [1.82, 2.24) is 0 Å². The summed E-state index contributed by atoms with van der Waals surface area (Å²) in [4.78, 5) is 12.4. The number of furan rings is 1. The van der Waals surface area contributed by atoms with Crippen LogP contribution in [0.4, 0.5) is 18.9 Å². The third-order valence-corrected chi connectivity index (χ3v) is 4.81. The molecule has 0 spiro atoms. The van der Waals surface area contributed by atoms with Crippen LogP contribution in [0.2, 0.25) is 5.02 Å². The monoisotopic (exact) mass is 494 g/mol. The van der Waals surface area contributed by atoms with Gasteiger partial charge in [0.25, 0.3) is 5.91 Å². The zero-order chi connectivity index (χ0) is 21.9. The maximum atomic E-state index is 12.9. The van der Waals surface area contributed by atoms with Crippen LogP contribution in [0.1, 0.15) is 11.3 Å². The van der Waals surface area contributed by atoms with Crippen molar-refractivity contribution in [3.63, 3.8) is 0 Å². The Kier molecular flexibility index (Phi) is 6.34. The van der Waals surface area contributed by atoms with Gasteiger partial charge in [0.05, 0.1) is 16.3 Å². The molecule has 3 aromatic rings. The van der Waals surface area contributed by atoms with Crippen LogP contribution in [0, 0.1) is 11.3 Å². The second kappa shape index (κ2) is 8.78. The van der Waals surface area contributed by atoms with E-state index in [4.69, 9.17) is 16.0 Å². The zero-order valence-corrected chi connectivity index (χ0v) is 17.3. The number of alkyl halides is 3. The van der Waals surface area contributed by atoms with Crippen molar-refractivity contribution < 1.29 is 22.4 Å². The van der Waals surface area contributed by atoms with Crippen LogP contribution in [0.25, 0.3) is 17.4 Å². The largest absolute Gasteiger partial charge is 0.457 e. The Balaban J connectivity index is 1.83. The third-order valence-electron chi connectivity index (χ3n) is 3.95. The van der Waals surface area contributed by atoms with Crippen LogP contribution in [-0.4, -0.2) is 5.91 Å². The molecule has 1 N–H and O–H groups in total. The van der Waals surface area contributed by atoms with Crippen molar-refractivity contribution in [2.45, 2.75) is 6.18 Å². The minimum absolute atomic E-state index is 0.0934. The van der Waals surface area contributed by atoms with Crippen LogP contribution in [0.5, 0.6) is 0 Å². The number of hydrogen-bond donors (Lipinski definition) is 1. The highest BCUT2D eigenvalue weighted by molar-refractivity contribution is 9.10. The molecule has 0 fully saturated rings. The van der Waals surface area contributed by atoms with E-state index in [1.807, 2.05) is 24.3 Å². The summed E-state index contributed by atoms with van der Waals surface area (Å²) in [5.74, 6) is -0.164. The van der Waals surface area contributed by atoms with Gasteiger partial charge in [-0.3, -0.25) is 4.79 Å². The molecule has 0 saturated heterocycles. The maximum absolute atomic E-state index is 12.9. The van der Waals surface area contributed by atoms with Crippen molar-refractivity contribution in [3.05, 3.63) is 81.0 Å². The van der Waals surface area contributed by atoms with E-state index in [1.165, 1.54) is 6.08 Å². The average molecular weight is 496 g/mol. The number of carbonyl (C=O) groups excluding carboxylic acids is 1. The molecule has 0 atom stereocenters. The van der Waals surface area contributed by atoms with E-state index in [0.717, 1.165) is 22.2 Å². The van der Waals surface area contributed by atoms with Gasteiger partial charge in [0.1, 0.15) is 23.2 Å². The van der Waals surface area contributed by atoms with Crippen LogP contribution >= 0.6 is 27.5 Å². The van der Waals surface area contributed by atoms with E-state index in [0.29, 0.717) is 11.8 Å². The molecule has 0 aliphatic carbocycles. The quantitative estimate of drug-likeness (QED) is 0.315. The summed E-state index contributed by atoms with van der Waals surface area (Å²) >= 11 is 9.21. The first kappa shape index (κ1) is 21.7. The van der Waals surface area contributed by atoms with Gasteiger partial charge in [0, 0.05) is 16.1 Å². The molecular weight excluding hydrogens is 485 g/mol. The van der Waals surface area contributed by atoms with E-state index in [2.05, 4.69) is 21.2 Å². The van der Waals surface area contributed by atoms with Crippen LogP contribution in [0.15, 0.2) is 69.1 Å². The van der Waals surface area contributed by atoms with Gasteiger partial charge in [0.15, 0.2) is 0 Å². The molecule has 152 valence electrons. The van der Waals surface area contributed by atoms with Crippen LogP contribution in [-0.2, 0) is 11.0 Å². The number of carbonyl (C=O) groups is 1. The number of amides is 1. The number of benzene rings is 2. The fourth-order valence-corrected chi connectivity index (χ4v) is 2.91. The summed E-state index contributed by atoms with van der Waals surface area (Å²) in [6, 6.07) is 14.8.